The Balaban J connectivity index is 2.11. The van der Waals surface area contributed by atoms with E-state index in [2.05, 4.69) is 15.5 Å². The first-order chi connectivity index (χ1) is 9.72. The minimum absolute atomic E-state index is 0.409. The van der Waals surface area contributed by atoms with Gasteiger partial charge in [-0.3, -0.25) is 5.43 Å². The van der Waals surface area contributed by atoms with Crippen molar-refractivity contribution in [2.24, 2.45) is 5.10 Å². The largest absolute Gasteiger partial charge is 0.497 e. The maximum Gasteiger partial charge on any atom is 0.147 e. The fourth-order valence-corrected chi connectivity index (χ4v) is 1.73. The molecule has 1 heterocycles. The van der Waals surface area contributed by atoms with E-state index in [0.717, 1.165) is 11.3 Å². The Bertz CT molecular complexity index is 617. The lowest BCUT2D eigenvalue weighted by atomic mass is 10.2. The summed E-state index contributed by atoms with van der Waals surface area (Å²) in [4.78, 5) is 4.06. The molecule has 0 saturated carbocycles. The van der Waals surface area contributed by atoms with Crippen molar-refractivity contribution in [3.8, 4) is 11.5 Å². The SMILES string of the molecule is COc1ccc(C=NNc2cccc(Cl)n2)c(OC)c1. The zero-order valence-electron chi connectivity index (χ0n) is 11.1. The number of anilines is 1. The number of pyridine rings is 1. The van der Waals surface area contributed by atoms with Gasteiger partial charge in [0.05, 0.1) is 20.4 Å². The number of nitrogens with zero attached hydrogens (tertiary/aromatic N) is 2. The Morgan fingerprint density at radius 2 is 2.05 bits per heavy atom. The molecule has 0 bridgehead atoms. The monoisotopic (exact) mass is 291 g/mol. The second-order valence-corrected chi connectivity index (χ2v) is 4.21. The van der Waals surface area contributed by atoms with E-state index in [9.17, 15) is 0 Å². The minimum atomic E-state index is 0.409. The summed E-state index contributed by atoms with van der Waals surface area (Å²) in [7, 11) is 3.20. The molecule has 0 aliphatic heterocycles. The molecule has 104 valence electrons. The highest BCUT2D eigenvalue weighted by molar-refractivity contribution is 6.29. The van der Waals surface area contributed by atoms with Crippen molar-refractivity contribution in [2.75, 3.05) is 19.6 Å². The van der Waals surface area contributed by atoms with Gasteiger partial charge in [0.25, 0.3) is 0 Å². The van der Waals surface area contributed by atoms with Gasteiger partial charge in [0.15, 0.2) is 0 Å². The third-order valence-electron chi connectivity index (χ3n) is 2.54. The summed E-state index contributed by atoms with van der Waals surface area (Å²) in [5.74, 6) is 1.97. The molecule has 0 atom stereocenters. The van der Waals surface area contributed by atoms with Crippen LogP contribution in [-0.4, -0.2) is 25.4 Å². The number of rotatable bonds is 5. The molecule has 20 heavy (non-hydrogen) atoms. The highest BCUT2D eigenvalue weighted by Crippen LogP contribution is 2.23. The number of hydrazone groups is 1. The highest BCUT2D eigenvalue weighted by Gasteiger charge is 2.02. The molecule has 2 rings (SSSR count). The highest BCUT2D eigenvalue weighted by atomic mass is 35.5. The van der Waals surface area contributed by atoms with E-state index in [-0.39, 0.29) is 0 Å². The van der Waals surface area contributed by atoms with Crippen molar-refractivity contribution < 1.29 is 9.47 Å². The van der Waals surface area contributed by atoms with Crippen molar-refractivity contribution in [3.05, 3.63) is 47.1 Å². The molecule has 5 nitrogen and oxygen atoms in total. The molecule has 0 aliphatic carbocycles. The number of aromatic nitrogens is 1. The number of methoxy groups -OCH3 is 2. The molecular formula is C14H14ClN3O2. The Hall–Kier alpha value is -2.27. The average molecular weight is 292 g/mol. The van der Waals surface area contributed by atoms with Crippen molar-refractivity contribution in [1.29, 1.82) is 0 Å². The number of hydrogen-bond donors (Lipinski definition) is 1. The fourth-order valence-electron chi connectivity index (χ4n) is 1.56. The number of nitrogens with one attached hydrogen (secondary N) is 1. The minimum Gasteiger partial charge on any atom is -0.497 e. The van der Waals surface area contributed by atoms with Crippen LogP contribution in [0.3, 0.4) is 0 Å². The van der Waals surface area contributed by atoms with Gasteiger partial charge in [0.2, 0.25) is 0 Å². The van der Waals surface area contributed by atoms with Crippen molar-refractivity contribution >= 4 is 23.6 Å². The molecule has 0 saturated heterocycles. The van der Waals surface area contributed by atoms with Gasteiger partial charge in [-0.2, -0.15) is 5.10 Å². The smallest absolute Gasteiger partial charge is 0.147 e. The Kier molecular flexibility index (Phi) is 4.79. The van der Waals surface area contributed by atoms with Crippen LogP contribution in [0.5, 0.6) is 11.5 Å². The number of hydrogen-bond acceptors (Lipinski definition) is 5. The fraction of sp³-hybridized carbons (Fsp3) is 0.143. The molecule has 0 fully saturated rings. The zero-order chi connectivity index (χ0) is 14.4. The summed E-state index contributed by atoms with van der Waals surface area (Å²) in [5.41, 5.74) is 3.62. The van der Waals surface area contributed by atoms with E-state index < -0.39 is 0 Å². The Labute approximate surface area is 122 Å². The van der Waals surface area contributed by atoms with Crippen LogP contribution >= 0.6 is 11.6 Å². The van der Waals surface area contributed by atoms with Crippen LogP contribution in [0.4, 0.5) is 5.82 Å². The normalized spacial score (nSPS) is 10.6. The van der Waals surface area contributed by atoms with Gasteiger partial charge in [-0.05, 0) is 24.3 Å². The van der Waals surface area contributed by atoms with Crippen LogP contribution in [0.1, 0.15) is 5.56 Å². The lowest BCUT2D eigenvalue weighted by molar-refractivity contribution is 0.394. The van der Waals surface area contributed by atoms with Gasteiger partial charge in [0, 0.05) is 11.6 Å². The van der Waals surface area contributed by atoms with Gasteiger partial charge in [-0.25, -0.2) is 4.98 Å². The average Bonchev–Trinajstić information content (AvgIpc) is 2.47. The number of ether oxygens (including phenoxy) is 2. The molecule has 2 aromatic rings. The third-order valence-corrected chi connectivity index (χ3v) is 2.75. The Morgan fingerprint density at radius 1 is 1.20 bits per heavy atom. The molecule has 0 aliphatic rings. The second-order valence-electron chi connectivity index (χ2n) is 3.82. The third kappa shape index (κ3) is 3.61. The quantitative estimate of drug-likeness (QED) is 0.522. The maximum absolute atomic E-state index is 5.78. The van der Waals surface area contributed by atoms with E-state index in [1.807, 2.05) is 12.1 Å². The molecule has 0 amide bonds. The summed E-state index contributed by atoms with van der Waals surface area (Å²) in [6.07, 6.45) is 1.64. The summed E-state index contributed by atoms with van der Waals surface area (Å²) in [6, 6.07) is 10.7. The molecule has 0 radical (unpaired) electrons. The standard InChI is InChI=1S/C14H14ClN3O2/c1-19-11-7-6-10(12(8-11)20-2)9-16-18-14-5-3-4-13(15)17-14/h3-9H,1-2H3,(H,17,18). The van der Waals surface area contributed by atoms with Crippen LogP contribution in [0.2, 0.25) is 5.15 Å². The van der Waals surface area contributed by atoms with Crippen LogP contribution in [0.25, 0.3) is 0 Å². The summed E-state index contributed by atoms with van der Waals surface area (Å²) in [6.45, 7) is 0. The molecular weight excluding hydrogens is 278 g/mol. The van der Waals surface area contributed by atoms with Gasteiger partial charge in [0.1, 0.15) is 22.5 Å². The molecule has 1 aromatic carbocycles. The van der Waals surface area contributed by atoms with Crippen molar-refractivity contribution in [3.63, 3.8) is 0 Å². The number of benzene rings is 1. The summed E-state index contributed by atoms with van der Waals surface area (Å²) >= 11 is 5.78. The summed E-state index contributed by atoms with van der Waals surface area (Å²) in [5, 5.41) is 4.51. The van der Waals surface area contributed by atoms with Gasteiger partial charge in [-0.1, -0.05) is 17.7 Å². The van der Waals surface area contributed by atoms with Crippen molar-refractivity contribution in [2.45, 2.75) is 0 Å². The van der Waals surface area contributed by atoms with E-state index in [1.54, 1.807) is 44.7 Å². The first-order valence-electron chi connectivity index (χ1n) is 5.86. The summed E-state index contributed by atoms with van der Waals surface area (Å²) < 4.78 is 10.4. The predicted molar refractivity (Wildman–Crippen MR) is 80.0 cm³/mol. The van der Waals surface area contributed by atoms with Gasteiger partial charge in [-0.15, -0.1) is 0 Å². The van der Waals surface area contributed by atoms with E-state index in [0.29, 0.717) is 16.7 Å². The van der Waals surface area contributed by atoms with E-state index >= 15 is 0 Å². The molecule has 1 aromatic heterocycles. The molecule has 6 heteroatoms. The van der Waals surface area contributed by atoms with Crippen LogP contribution < -0.4 is 14.9 Å². The van der Waals surface area contributed by atoms with Crippen LogP contribution in [0, 0.1) is 0 Å². The second kappa shape index (κ2) is 6.77. The van der Waals surface area contributed by atoms with Gasteiger partial charge < -0.3 is 9.47 Å². The number of halogens is 1. The van der Waals surface area contributed by atoms with Crippen LogP contribution in [0.15, 0.2) is 41.5 Å². The lowest BCUT2D eigenvalue weighted by Gasteiger charge is -2.07. The maximum atomic E-state index is 5.78. The molecule has 1 N–H and O–H groups in total. The Morgan fingerprint density at radius 3 is 2.75 bits per heavy atom. The van der Waals surface area contributed by atoms with Crippen LogP contribution in [-0.2, 0) is 0 Å². The van der Waals surface area contributed by atoms with Crippen molar-refractivity contribution in [1.82, 2.24) is 4.98 Å². The van der Waals surface area contributed by atoms with E-state index in [4.69, 9.17) is 21.1 Å². The topological polar surface area (TPSA) is 55.7 Å². The molecule has 0 unspecified atom stereocenters. The first-order valence-corrected chi connectivity index (χ1v) is 6.24. The van der Waals surface area contributed by atoms with E-state index in [1.165, 1.54) is 0 Å². The molecule has 0 spiro atoms. The first kappa shape index (κ1) is 14.1. The lowest BCUT2D eigenvalue weighted by Crippen LogP contribution is -1.96. The zero-order valence-corrected chi connectivity index (χ0v) is 11.9. The predicted octanol–water partition coefficient (Wildman–Crippen LogP) is 3.20. The van der Waals surface area contributed by atoms with Gasteiger partial charge >= 0.3 is 0 Å².